The normalized spacial score (nSPS) is 15.4. The van der Waals surface area contributed by atoms with Crippen LogP contribution in [0.25, 0.3) is 0 Å². The average Bonchev–Trinajstić information content (AvgIpc) is 2.60. The van der Waals surface area contributed by atoms with E-state index in [9.17, 15) is 4.79 Å². The fourth-order valence-corrected chi connectivity index (χ4v) is 3.54. The third-order valence-electron chi connectivity index (χ3n) is 4.73. The largest absolute Gasteiger partial charge is 0.340 e. The van der Waals surface area contributed by atoms with Crippen LogP contribution in [-0.2, 0) is 17.8 Å². The minimum absolute atomic E-state index is 0.268. The van der Waals surface area contributed by atoms with Crippen molar-refractivity contribution in [3.63, 3.8) is 0 Å². The predicted molar refractivity (Wildman–Crippen MR) is 103 cm³/mol. The Kier molecular flexibility index (Phi) is 6.11. The Balaban J connectivity index is 1.44. The summed E-state index contributed by atoms with van der Waals surface area (Å²) in [5.41, 5.74) is 3.72. The lowest BCUT2D eigenvalue weighted by atomic mass is 10.1. The van der Waals surface area contributed by atoms with Crippen molar-refractivity contribution in [3.05, 3.63) is 70.2 Å². The van der Waals surface area contributed by atoms with Gasteiger partial charge in [-0.15, -0.1) is 0 Å². The van der Waals surface area contributed by atoms with E-state index in [1.54, 1.807) is 0 Å². The van der Waals surface area contributed by atoms with Gasteiger partial charge >= 0.3 is 0 Å². The summed E-state index contributed by atoms with van der Waals surface area (Å²) in [5.74, 6) is 0.268. The SMILES string of the molecule is Cc1cccc(CCC(=O)N2CCN(Cc3cccc(Cl)c3)CC2)c1. The molecule has 0 aromatic heterocycles. The summed E-state index contributed by atoms with van der Waals surface area (Å²) < 4.78 is 0. The molecule has 0 saturated carbocycles. The molecular weight excluding hydrogens is 332 g/mol. The van der Waals surface area contributed by atoms with Gasteiger partial charge in [-0.05, 0) is 36.6 Å². The fraction of sp³-hybridized carbons (Fsp3) is 0.381. The molecule has 0 atom stereocenters. The van der Waals surface area contributed by atoms with E-state index in [4.69, 9.17) is 11.6 Å². The highest BCUT2D eigenvalue weighted by molar-refractivity contribution is 6.30. The van der Waals surface area contributed by atoms with Crippen molar-refractivity contribution < 1.29 is 4.79 Å². The fourth-order valence-electron chi connectivity index (χ4n) is 3.33. The number of benzene rings is 2. The minimum atomic E-state index is 0.268. The summed E-state index contributed by atoms with van der Waals surface area (Å²) in [6.45, 7) is 6.45. The van der Waals surface area contributed by atoms with Gasteiger partial charge in [0.1, 0.15) is 0 Å². The van der Waals surface area contributed by atoms with Gasteiger partial charge in [0, 0.05) is 44.2 Å². The molecular formula is C21H25ClN2O. The summed E-state index contributed by atoms with van der Waals surface area (Å²) in [4.78, 5) is 16.8. The Morgan fingerprint density at radius 3 is 2.44 bits per heavy atom. The Morgan fingerprint density at radius 1 is 1.00 bits per heavy atom. The lowest BCUT2D eigenvalue weighted by Gasteiger charge is -2.35. The molecule has 3 rings (SSSR count). The van der Waals surface area contributed by atoms with Crippen molar-refractivity contribution in [2.75, 3.05) is 26.2 Å². The maximum atomic E-state index is 12.5. The highest BCUT2D eigenvalue weighted by Gasteiger charge is 2.20. The van der Waals surface area contributed by atoms with Crippen molar-refractivity contribution in [1.29, 1.82) is 0 Å². The van der Waals surface area contributed by atoms with E-state index >= 15 is 0 Å². The van der Waals surface area contributed by atoms with Crippen LogP contribution in [0.3, 0.4) is 0 Å². The third-order valence-corrected chi connectivity index (χ3v) is 4.97. The molecule has 3 nitrogen and oxygen atoms in total. The second-order valence-electron chi connectivity index (χ2n) is 6.78. The predicted octanol–water partition coefficient (Wildman–Crippen LogP) is 3.93. The van der Waals surface area contributed by atoms with Crippen molar-refractivity contribution in [1.82, 2.24) is 9.80 Å². The summed E-state index contributed by atoms with van der Waals surface area (Å²) in [5, 5.41) is 0.780. The molecule has 0 aliphatic carbocycles. The molecule has 1 fully saturated rings. The van der Waals surface area contributed by atoms with Crippen molar-refractivity contribution in [2.24, 2.45) is 0 Å². The number of halogens is 1. The molecule has 4 heteroatoms. The van der Waals surface area contributed by atoms with Crippen LogP contribution in [0, 0.1) is 6.92 Å². The maximum Gasteiger partial charge on any atom is 0.222 e. The Morgan fingerprint density at radius 2 is 1.72 bits per heavy atom. The molecule has 1 saturated heterocycles. The van der Waals surface area contributed by atoms with E-state index in [0.29, 0.717) is 6.42 Å². The molecule has 1 heterocycles. The quantitative estimate of drug-likeness (QED) is 0.810. The second-order valence-corrected chi connectivity index (χ2v) is 7.21. The number of hydrogen-bond acceptors (Lipinski definition) is 2. The molecule has 1 aliphatic heterocycles. The first-order chi connectivity index (χ1) is 12.1. The molecule has 132 valence electrons. The van der Waals surface area contributed by atoms with Gasteiger partial charge in [-0.2, -0.15) is 0 Å². The van der Waals surface area contributed by atoms with Gasteiger partial charge < -0.3 is 4.90 Å². The monoisotopic (exact) mass is 356 g/mol. The summed E-state index contributed by atoms with van der Waals surface area (Å²) in [6, 6.07) is 16.4. The van der Waals surface area contributed by atoms with Crippen LogP contribution in [0.15, 0.2) is 48.5 Å². The Bertz CT molecular complexity index is 723. The highest BCUT2D eigenvalue weighted by atomic mass is 35.5. The second kappa shape index (κ2) is 8.50. The van der Waals surface area contributed by atoms with Crippen LogP contribution in [0.1, 0.15) is 23.1 Å². The number of rotatable bonds is 5. The van der Waals surface area contributed by atoms with Gasteiger partial charge in [0.15, 0.2) is 0 Å². The van der Waals surface area contributed by atoms with E-state index in [-0.39, 0.29) is 5.91 Å². The minimum Gasteiger partial charge on any atom is -0.340 e. The van der Waals surface area contributed by atoms with Gasteiger partial charge in [0.05, 0.1) is 0 Å². The Labute approximate surface area is 155 Å². The number of nitrogens with zero attached hydrogens (tertiary/aromatic N) is 2. The van der Waals surface area contributed by atoms with Crippen LogP contribution in [0.5, 0.6) is 0 Å². The van der Waals surface area contributed by atoms with Gasteiger partial charge in [0.25, 0.3) is 0 Å². The Hall–Kier alpha value is -1.84. The van der Waals surface area contributed by atoms with Crippen LogP contribution in [0.4, 0.5) is 0 Å². The van der Waals surface area contributed by atoms with E-state index in [1.165, 1.54) is 16.7 Å². The van der Waals surface area contributed by atoms with Crippen molar-refractivity contribution in [3.8, 4) is 0 Å². The topological polar surface area (TPSA) is 23.6 Å². The molecule has 2 aromatic carbocycles. The molecule has 25 heavy (non-hydrogen) atoms. The summed E-state index contributed by atoms with van der Waals surface area (Å²) >= 11 is 6.05. The molecule has 0 N–H and O–H groups in total. The van der Waals surface area contributed by atoms with Crippen molar-refractivity contribution in [2.45, 2.75) is 26.3 Å². The highest BCUT2D eigenvalue weighted by Crippen LogP contribution is 2.15. The maximum absolute atomic E-state index is 12.5. The number of piperazine rings is 1. The smallest absolute Gasteiger partial charge is 0.222 e. The number of aryl methyl sites for hydroxylation is 2. The molecule has 2 aromatic rings. The first-order valence-electron chi connectivity index (χ1n) is 8.90. The number of carbonyl (C=O) groups excluding carboxylic acids is 1. The van der Waals surface area contributed by atoms with Gasteiger partial charge in [0.2, 0.25) is 5.91 Å². The number of carbonyl (C=O) groups is 1. The standard InChI is InChI=1S/C21H25ClN2O/c1-17-4-2-5-18(14-17)8-9-21(25)24-12-10-23(11-13-24)16-19-6-3-7-20(22)15-19/h2-7,14-15H,8-13,16H2,1H3. The summed E-state index contributed by atoms with van der Waals surface area (Å²) in [6.07, 6.45) is 1.42. The molecule has 1 aliphatic rings. The summed E-state index contributed by atoms with van der Waals surface area (Å²) in [7, 11) is 0. The van der Waals surface area contributed by atoms with E-state index < -0.39 is 0 Å². The van der Waals surface area contributed by atoms with Gasteiger partial charge in [-0.3, -0.25) is 9.69 Å². The van der Waals surface area contributed by atoms with Crippen LogP contribution < -0.4 is 0 Å². The molecule has 1 amide bonds. The van der Waals surface area contributed by atoms with E-state index in [0.717, 1.165) is 44.2 Å². The average molecular weight is 357 g/mol. The van der Waals surface area contributed by atoms with Crippen molar-refractivity contribution >= 4 is 17.5 Å². The first kappa shape index (κ1) is 18.0. The van der Waals surface area contributed by atoms with E-state index in [1.807, 2.05) is 23.1 Å². The molecule has 0 bridgehead atoms. The zero-order valence-corrected chi connectivity index (χ0v) is 15.5. The lowest BCUT2D eigenvalue weighted by molar-refractivity contribution is -0.133. The van der Waals surface area contributed by atoms with Crippen LogP contribution in [-0.4, -0.2) is 41.9 Å². The van der Waals surface area contributed by atoms with Crippen LogP contribution >= 0.6 is 11.6 Å². The van der Waals surface area contributed by atoms with Gasteiger partial charge in [-0.1, -0.05) is 53.6 Å². The molecule has 0 spiro atoms. The lowest BCUT2D eigenvalue weighted by Crippen LogP contribution is -2.48. The molecule has 0 radical (unpaired) electrons. The zero-order chi connectivity index (χ0) is 17.6. The van der Waals surface area contributed by atoms with Gasteiger partial charge in [-0.25, -0.2) is 0 Å². The van der Waals surface area contributed by atoms with E-state index in [2.05, 4.69) is 42.2 Å². The third kappa shape index (κ3) is 5.32. The zero-order valence-electron chi connectivity index (χ0n) is 14.7. The number of amides is 1. The first-order valence-corrected chi connectivity index (χ1v) is 9.28. The van der Waals surface area contributed by atoms with Crippen LogP contribution in [0.2, 0.25) is 5.02 Å². The molecule has 0 unspecified atom stereocenters. The number of hydrogen-bond donors (Lipinski definition) is 0.